The van der Waals surface area contributed by atoms with Gasteiger partial charge in [-0.2, -0.15) is 0 Å². The zero-order valence-electron chi connectivity index (χ0n) is 17.2. The van der Waals surface area contributed by atoms with Gasteiger partial charge in [0, 0.05) is 37.3 Å². The van der Waals surface area contributed by atoms with Crippen LogP contribution in [0.15, 0.2) is 54.6 Å². The van der Waals surface area contributed by atoms with E-state index in [0.29, 0.717) is 11.3 Å². The van der Waals surface area contributed by atoms with Crippen molar-refractivity contribution in [2.45, 2.75) is 0 Å². The quantitative estimate of drug-likeness (QED) is 0.632. The summed E-state index contributed by atoms with van der Waals surface area (Å²) in [5.74, 6) is 2.42. The maximum absolute atomic E-state index is 10.4. The van der Waals surface area contributed by atoms with E-state index in [2.05, 4.69) is 10.2 Å². The zero-order chi connectivity index (χ0) is 21.0. The molecule has 7 nitrogen and oxygen atoms in total. The van der Waals surface area contributed by atoms with Gasteiger partial charge in [-0.1, -0.05) is 24.3 Å². The molecule has 0 radical (unpaired) electrons. The van der Waals surface area contributed by atoms with Gasteiger partial charge in [-0.05, 0) is 35.9 Å². The molecule has 31 heavy (non-hydrogen) atoms. The van der Waals surface area contributed by atoms with Crippen LogP contribution in [0.5, 0.6) is 17.2 Å². The number of fused-ring (bicyclic) bond motifs is 1. The van der Waals surface area contributed by atoms with Gasteiger partial charge < -0.3 is 24.6 Å². The molecule has 5 rings (SSSR count). The van der Waals surface area contributed by atoms with Crippen LogP contribution in [-0.2, 0) is 4.74 Å². The number of hydrogen-bond acceptors (Lipinski definition) is 7. The fourth-order valence-corrected chi connectivity index (χ4v) is 3.93. The molecule has 3 aromatic rings. The Bertz CT molecular complexity index is 1070. The number of nitrogens with one attached hydrogen (secondary N) is 1. The highest BCUT2D eigenvalue weighted by Crippen LogP contribution is 2.42. The summed E-state index contributed by atoms with van der Waals surface area (Å²) in [5, 5.41) is 13.8. The molecule has 1 aromatic heterocycles. The summed E-state index contributed by atoms with van der Waals surface area (Å²) >= 11 is 0. The molecule has 0 spiro atoms. The average Bonchev–Trinajstić information content (AvgIpc) is 3.29. The summed E-state index contributed by atoms with van der Waals surface area (Å²) in [6.07, 6.45) is 0. The number of anilines is 1. The van der Waals surface area contributed by atoms with Gasteiger partial charge in [-0.3, -0.25) is 4.90 Å². The smallest absolute Gasteiger partial charge is 0.231 e. The number of hydrogen-bond donors (Lipinski definition) is 2. The third-order valence-electron chi connectivity index (χ3n) is 5.55. The van der Waals surface area contributed by atoms with E-state index in [4.69, 9.17) is 19.2 Å². The van der Waals surface area contributed by atoms with E-state index in [1.807, 2.05) is 42.5 Å². The number of phenols is 1. The summed E-state index contributed by atoms with van der Waals surface area (Å²) in [6, 6.07) is 17.1. The molecule has 0 aliphatic carbocycles. The van der Waals surface area contributed by atoms with Crippen molar-refractivity contribution in [3.63, 3.8) is 0 Å². The molecule has 7 heteroatoms. The largest absolute Gasteiger partial charge is 0.507 e. The second-order valence-corrected chi connectivity index (χ2v) is 7.56. The average molecular weight is 419 g/mol. The molecule has 2 aromatic carbocycles. The lowest BCUT2D eigenvalue weighted by atomic mass is 10.0. The van der Waals surface area contributed by atoms with Crippen LogP contribution in [0.2, 0.25) is 0 Å². The molecule has 0 atom stereocenters. The Balaban J connectivity index is 1.47. The number of aromatic nitrogens is 1. The first kappa shape index (κ1) is 19.7. The Hall–Kier alpha value is -3.29. The van der Waals surface area contributed by atoms with Crippen LogP contribution < -0.4 is 14.8 Å². The van der Waals surface area contributed by atoms with Crippen LogP contribution in [0.3, 0.4) is 0 Å². The number of nitrogens with zero attached hydrogens (tertiary/aromatic N) is 2. The van der Waals surface area contributed by atoms with Crippen molar-refractivity contribution in [2.75, 3.05) is 51.5 Å². The van der Waals surface area contributed by atoms with Crippen LogP contribution in [-0.4, -0.2) is 61.2 Å². The molecular formula is C24H25N3O4. The molecule has 2 N–H and O–H groups in total. The highest BCUT2D eigenvalue weighted by Gasteiger charge is 2.20. The van der Waals surface area contributed by atoms with Gasteiger partial charge in [0.15, 0.2) is 11.5 Å². The van der Waals surface area contributed by atoms with E-state index in [9.17, 15) is 5.11 Å². The van der Waals surface area contributed by atoms with E-state index in [0.717, 1.165) is 67.8 Å². The molecule has 1 fully saturated rings. The van der Waals surface area contributed by atoms with Crippen molar-refractivity contribution in [1.82, 2.24) is 9.88 Å². The van der Waals surface area contributed by atoms with Crippen molar-refractivity contribution in [1.29, 1.82) is 0 Å². The van der Waals surface area contributed by atoms with Crippen LogP contribution in [0.1, 0.15) is 0 Å². The monoisotopic (exact) mass is 419 g/mol. The van der Waals surface area contributed by atoms with Gasteiger partial charge in [-0.15, -0.1) is 0 Å². The predicted molar refractivity (Wildman–Crippen MR) is 119 cm³/mol. The number of benzene rings is 2. The number of pyridine rings is 1. The first-order valence-corrected chi connectivity index (χ1v) is 10.5. The predicted octanol–water partition coefficient (Wildman–Crippen LogP) is 3.59. The minimum absolute atomic E-state index is 0.198. The Kier molecular flexibility index (Phi) is 5.60. The second kappa shape index (κ2) is 8.83. The van der Waals surface area contributed by atoms with Crippen LogP contribution in [0.25, 0.3) is 22.4 Å². The number of morpholine rings is 1. The lowest BCUT2D eigenvalue weighted by Gasteiger charge is -2.26. The number of phenolic OH excluding ortho intramolecular Hbond substituents is 1. The van der Waals surface area contributed by atoms with Crippen molar-refractivity contribution in [3.05, 3.63) is 54.6 Å². The van der Waals surface area contributed by atoms with E-state index in [1.165, 1.54) is 0 Å². The van der Waals surface area contributed by atoms with Gasteiger partial charge >= 0.3 is 0 Å². The van der Waals surface area contributed by atoms with Gasteiger partial charge in [0.25, 0.3) is 0 Å². The zero-order valence-corrected chi connectivity index (χ0v) is 17.2. The lowest BCUT2D eigenvalue weighted by Crippen LogP contribution is -2.39. The van der Waals surface area contributed by atoms with Crippen LogP contribution >= 0.6 is 0 Å². The van der Waals surface area contributed by atoms with Crippen LogP contribution in [0, 0.1) is 0 Å². The van der Waals surface area contributed by atoms with Crippen molar-refractivity contribution in [3.8, 4) is 39.6 Å². The molecule has 0 saturated carbocycles. The summed E-state index contributed by atoms with van der Waals surface area (Å²) in [7, 11) is 0. The molecular weight excluding hydrogens is 394 g/mol. The summed E-state index contributed by atoms with van der Waals surface area (Å²) in [4.78, 5) is 7.15. The molecule has 1 saturated heterocycles. The highest BCUT2D eigenvalue weighted by molar-refractivity contribution is 5.80. The Morgan fingerprint density at radius 1 is 0.968 bits per heavy atom. The molecule has 3 heterocycles. The van der Waals surface area contributed by atoms with Gasteiger partial charge in [-0.25, -0.2) is 4.98 Å². The Morgan fingerprint density at radius 2 is 1.81 bits per heavy atom. The van der Waals surface area contributed by atoms with Gasteiger partial charge in [0.2, 0.25) is 6.79 Å². The summed E-state index contributed by atoms with van der Waals surface area (Å²) < 4.78 is 16.7. The molecule has 160 valence electrons. The molecule has 0 unspecified atom stereocenters. The van der Waals surface area contributed by atoms with E-state index in [1.54, 1.807) is 12.1 Å². The number of para-hydroxylation sites is 2. The molecule has 0 bridgehead atoms. The number of rotatable bonds is 6. The maximum Gasteiger partial charge on any atom is 0.231 e. The van der Waals surface area contributed by atoms with Crippen LogP contribution in [0.4, 0.5) is 5.82 Å². The molecule has 0 amide bonds. The minimum Gasteiger partial charge on any atom is -0.507 e. The first-order valence-electron chi connectivity index (χ1n) is 10.5. The number of aromatic hydroxyl groups is 1. The van der Waals surface area contributed by atoms with Crippen molar-refractivity contribution in [2.24, 2.45) is 0 Å². The van der Waals surface area contributed by atoms with E-state index in [-0.39, 0.29) is 12.5 Å². The third-order valence-corrected chi connectivity index (χ3v) is 5.55. The van der Waals surface area contributed by atoms with Crippen molar-refractivity contribution >= 4 is 5.82 Å². The molecule has 2 aliphatic heterocycles. The standard InChI is InChI=1S/C24H25N3O4/c28-21-6-2-1-4-19(21)20-14-17(18-5-3-7-22-24(18)31-16-30-22)15-23(26-20)25-8-9-27-10-12-29-13-11-27/h1-7,14-15,28H,8-13,16H2,(H,25,26). The van der Waals surface area contributed by atoms with E-state index >= 15 is 0 Å². The second-order valence-electron chi connectivity index (χ2n) is 7.56. The Morgan fingerprint density at radius 3 is 2.68 bits per heavy atom. The van der Waals surface area contributed by atoms with Gasteiger partial charge in [0.05, 0.1) is 18.9 Å². The maximum atomic E-state index is 10.4. The summed E-state index contributed by atoms with van der Waals surface area (Å²) in [5.41, 5.74) is 3.26. The molecule has 2 aliphatic rings. The highest BCUT2D eigenvalue weighted by atomic mass is 16.7. The Labute approximate surface area is 181 Å². The number of ether oxygens (including phenoxy) is 3. The van der Waals surface area contributed by atoms with Crippen molar-refractivity contribution < 1.29 is 19.3 Å². The topological polar surface area (TPSA) is 76.1 Å². The first-order chi connectivity index (χ1) is 15.3. The van der Waals surface area contributed by atoms with E-state index < -0.39 is 0 Å². The lowest BCUT2D eigenvalue weighted by molar-refractivity contribution is 0.0398. The fourth-order valence-electron chi connectivity index (χ4n) is 3.93. The fraction of sp³-hybridized carbons (Fsp3) is 0.292. The minimum atomic E-state index is 0.198. The third kappa shape index (κ3) is 4.28. The SMILES string of the molecule is Oc1ccccc1-c1cc(-c2cccc3c2OCO3)cc(NCCN2CCOCC2)n1. The normalized spacial score (nSPS) is 15.7. The van der Waals surface area contributed by atoms with Gasteiger partial charge in [0.1, 0.15) is 11.6 Å². The summed E-state index contributed by atoms with van der Waals surface area (Å²) in [6.45, 7) is 5.37.